The molecule has 1 amide bonds. The predicted molar refractivity (Wildman–Crippen MR) is 123 cm³/mol. The highest BCUT2D eigenvalue weighted by Gasteiger charge is 2.29. The van der Waals surface area contributed by atoms with Gasteiger partial charge in [-0.25, -0.2) is 4.98 Å². The van der Waals surface area contributed by atoms with Gasteiger partial charge in [-0.3, -0.25) is 4.79 Å². The summed E-state index contributed by atoms with van der Waals surface area (Å²) in [6.45, 7) is 2.33. The molecule has 0 aromatic carbocycles. The average molecular weight is 463 g/mol. The Morgan fingerprint density at radius 1 is 1.32 bits per heavy atom. The van der Waals surface area contributed by atoms with Crippen LogP contribution in [0.5, 0.6) is 0 Å². The molecule has 0 radical (unpaired) electrons. The van der Waals surface area contributed by atoms with Crippen molar-refractivity contribution in [3.63, 3.8) is 0 Å². The van der Waals surface area contributed by atoms with Gasteiger partial charge >= 0.3 is 0 Å². The zero-order chi connectivity index (χ0) is 21.8. The number of nitrogens with zero attached hydrogens (tertiary/aromatic N) is 3. The van der Waals surface area contributed by atoms with Crippen molar-refractivity contribution >= 4 is 55.8 Å². The number of aliphatic hydroxyl groups is 2. The zero-order valence-electron chi connectivity index (χ0n) is 17.2. The Morgan fingerprint density at radius 3 is 2.90 bits per heavy atom. The van der Waals surface area contributed by atoms with Crippen LogP contribution in [0.15, 0.2) is 17.5 Å². The molecule has 11 heteroatoms. The molecular weight excluding hydrogens is 436 g/mol. The number of aromatic nitrogens is 3. The third kappa shape index (κ3) is 5.48. The lowest BCUT2D eigenvalue weighted by molar-refractivity contribution is 0.0196. The lowest BCUT2D eigenvalue weighted by Crippen LogP contribution is -2.35. The summed E-state index contributed by atoms with van der Waals surface area (Å²) < 4.78 is 5.18. The molecule has 4 rings (SSSR count). The van der Waals surface area contributed by atoms with Crippen LogP contribution in [0.2, 0.25) is 0 Å². The van der Waals surface area contributed by atoms with Crippen molar-refractivity contribution < 1.29 is 15.0 Å². The molecule has 3 heterocycles. The molecule has 9 nitrogen and oxygen atoms in total. The number of fused-ring (bicyclic) bond motifs is 1. The van der Waals surface area contributed by atoms with Gasteiger partial charge in [-0.1, -0.05) is 0 Å². The van der Waals surface area contributed by atoms with E-state index in [-0.39, 0.29) is 18.6 Å². The molecule has 0 spiro atoms. The van der Waals surface area contributed by atoms with Crippen molar-refractivity contribution in [1.29, 1.82) is 0 Å². The van der Waals surface area contributed by atoms with Gasteiger partial charge in [-0.15, -0.1) is 11.3 Å². The van der Waals surface area contributed by atoms with Crippen LogP contribution in [0.4, 0.5) is 16.8 Å². The van der Waals surface area contributed by atoms with Crippen molar-refractivity contribution in [1.82, 2.24) is 19.7 Å². The summed E-state index contributed by atoms with van der Waals surface area (Å²) in [4.78, 5) is 21.4. The van der Waals surface area contributed by atoms with Crippen LogP contribution in [0.1, 0.15) is 49.5 Å². The standard InChI is InChI=1S/C20H26N6O3S2/c1-20(29)6-3-12(4-7-20)22-17-16-13(5-10-30-16)23-19(25-17)24-15-11-14(26-31-15)18(28)21-8-2-9-27/h5,10-12,27,29H,2-4,6-9H2,1H3,(H,21,28)(H2,22,23,24,25)/t12-,20-. The number of nitrogens with one attached hydrogen (secondary N) is 3. The van der Waals surface area contributed by atoms with Crippen LogP contribution >= 0.6 is 22.9 Å². The molecule has 1 fully saturated rings. The van der Waals surface area contributed by atoms with E-state index in [1.54, 1.807) is 17.4 Å². The predicted octanol–water partition coefficient (Wildman–Crippen LogP) is 3.11. The Labute approximate surface area is 188 Å². The fraction of sp³-hybridized carbons (Fsp3) is 0.500. The van der Waals surface area contributed by atoms with Gasteiger partial charge in [-0.05, 0) is 62.0 Å². The Balaban J connectivity index is 1.47. The first-order valence-electron chi connectivity index (χ1n) is 10.3. The summed E-state index contributed by atoms with van der Waals surface area (Å²) in [5.41, 5.74) is 0.581. The van der Waals surface area contributed by atoms with E-state index >= 15 is 0 Å². The van der Waals surface area contributed by atoms with Crippen LogP contribution in [0.25, 0.3) is 10.2 Å². The van der Waals surface area contributed by atoms with Gasteiger partial charge in [0, 0.05) is 25.3 Å². The molecule has 0 unspecified atom stereocenters. The number of anilines is 3. The normalized spacial score (nSPS) is 21.2. The van der Waals surface area contributed by atoms with Gasteiger partial charge in [0.2, 0.25) is 5.95 Å². The number of thiophene rings is 1. The van der Waals surface area contributed by atoms with Crippen LogP contribution < -0.4 is 16.0 Å². The highest BCUT2D eigenvalue weighted by molar-refractivity contribution is 7.17. The minimum atomic E-state index is -0.580. The molecule has 5 N–H and O–H groups in total. The van der Waals surface area contributed by atoms with Crippen LogP contribution in [0, 0.1) is 0 Å². The van der Waals surface area contributed by atoms with Crippen LogP contribution in [-0.2, 0) is 0 Å². The summed E-state index contributed by atoms with van der Waals surface area (Å²) >= 11 is 2.75. The van der Waals surface area contributed by atoms with Crippen molar-refractivity contribution in [3.05, 3.63) is 23.2 Å². The summed E-state index contributed by atoms with van der Waals surface area (Å²) in [5.74, 6) is 0.940. The fourth-order valence-electron chi connectivity index (χ4n) is 3.52. The van der Waals surface area contributed by atoms with Gasteiger partial charge in [0.1, 0.15) is 16.5 Å². The first-order chi connectivity index (χ1) is 14.9. The molecular formula is C20H26N6O3S2. The van der Waals surface area contributed by atoms with E-state index < -0.39 is 5.60 Å². The number of hydrogen-bond donors (Lipinski definition) is 5. The summed E-state index contributed by atoms with van der Waals surface area (Å²) in [6.07, 6.45) is 3.80. The molecule has 0 atom stereocenters. The highest BCUT2D eigenvalue weighted by atomic mass is 32.1. The van der Waals surface area contributed by atoms with Gasteiger partial charge < -0.3 is 26.2 Å². The van der Waals surface area contributed by atoms with E-state index in [0.717, 1.165) is 53.3 Å². The van der Waals surface area contributed by atoms with Gasteiger partial charge in [0.05, 0.1) is 15.8 Å². The lowest BCUT2D eigenvalue weighted by Gasteiger charge is -2.33. The Morgan fingerprint density at radius 2 is 2.13 bits per heavy atom. The van der Waals surface area contributed by atoms with Crippen LogP contribution in [-0.4, -0.2) is 55.3 Å². The third-order valence-corrected chi connectivity index (χ3v) is 6.92. The number of rotatable bonds is 8. The molecule has 3 aromatic heterocycles. The zero-order valence-corrected chi connectivity index (χ0v) is 18.9. The second kappa shape index (κ2) is 9.43. The number of carbonyl (C=O) groups excluding carboxylic acids is 1. The number of carbonyl (C=O) groups is 1. The number of amides is 1. The van der Waals surface area contributed by atoms with E-state index in [2.05, 4.69) is 30.3 Å². The summed E-state index contributed by atoms with van der Waals surface area (Å²) in [7, 11) is 0. The maximum atomic E-state index is 12.1. The molecule has 0 bridgehead atoms. The molecule has 0 saturated heterocycles. The smallest absolute Gasteiger partial charge is 0.271 e. The molecule has 166 valence electrons. The second-order valence-corrected chi connectivity index (χ2v) is 9.70. The van der Waals surface area contributed by atoms with Crippen LogP contribution in [0.3, 0.4) is 0 Å². The van der Waals surface area contributed by atoms with Crippen molar-refractivity contribution in [2.75, 3.05) is 23.8 Å². The van der Waals surface area contributed by atoms with Gasteiger partial charge in [-0.2, -0.15) is 9.36 Å². The molecule has 1 saturated carbocycles. The van der Waals surface area contributed by atoms with E-state index in [9.17, 15) is 9.90 Å². The summed E-state index contributed by atoms with van der Waals surface area (Å²) in [5, 5.41) is 31.1. The molecule has 1 aliphatic carbocycles. The Bertz CT molecular complexity index is 1040. The average Bonchev–Trinajstić information content (AvgIpc) is 3.39. The van der Waals surface area contributed by atoms with Crippen molar-refractivity contribution in [2.24, 2.45) is 0 Å². The first-order valence-corrected chi connectivity index (χ1v) is 12.0. The largest absolute Gasteiger partial charge is 0.396 e. The SMILES string of the molecule is C[C@]1(O)CC[C@H](Nc2nc(Nc3cc(C(=O)NCCCO)ns3)nc3ccsc23)CC1. The maximum Gasteiger partial charge on any atom is 0.271 e. The Hall–Kier alpha value is -2.34. The molecule has 1 aliphatic rings. The summed E-state index contributed by atoms with van der Waals surface area (Å²) in [6, 6.07) is 3.87. The van der Waals surface area contributed by atoms with E-state index in [1.165, 1.54) is 0 Å². The molecule has 0 aliphatic heterocycles. The fourth-order valence-corrected chi connectivity index (χ4v) is 4.93. The molecule has 31 heavy (non-hydrogen) atoms. The van der Waals surface area contributed by atoms with Gasteiger partial charge in [0.15, 0.2) is 0 Å². The Kier molecular flexibility index (Phi) is 6.65. The monoisotopic (exact) mass is 462 g/mol. The first kappa shape index (κ1) is 21.9. The topological polar surface area (TPSA) is 132 Å². The quantitative estimate of drug-likeness (QED) is 0.323. The second-order valence-electron chi connectivity index (χ2n) is 7.98. The maximum absolute atomic E-state index is 12.1. The number of hydrogen-bond acceptors (Lipinski definition) is 10. The highest BCUT2D eigenvalue weighted by Crippen LogP contribution is 2.33. The van der Waals surface area contributed by atoms with Gasteiger partial charge in [0.25, 0.3) is 5.91 Å². The van der Waals surface area contributed by atoms with E-state index in [4.69, 9.17) is 5.11 Å². The van der Waals surface area contributed by atoms with Crippen molar-refractivity contribution in [3.8, 4) is 0 Å². The number of aliphatic hydroxyl groups excluding tert-OH is 1. The lowest BCUT2D eigenvalue weighted by atomic mass is 9.84. The minimum Gasteiger partial charge on any atom is -0.396 e. The van der Waals surface area contributed by atoms with E-state index in [1.807, 2.05) is 18.4 Å². The van der Waals surface area contributed by atoms with Crippen molar-refractivity contribution in [2.45, 2.75) is 50.7 Å². The third-order valence-electron chi connectivity index (χ3n) is 5.31. The minimum absolute atomic E-state index is 0.0308. The molecule has 3 aromatic rings. The van der Waals surface area contributed by atoms with E-state index in [0.29, 0.717) is 29.6 Å².